The Morgan fingerprint density at radius 1 is 1.42 bits per heavy atom. The van der Waals surface area contributed by atoms with Crippen LogP contribution in [0.15, 0.2) is 21.6 Å². The lowest BCUT2D eigenvalue weighted by molar-refractivity contribution is 0.109. The second-order valence-electron chi connectivity index (χ2n) is 4.29. The molecule has 108 valence electrons. The van der Waals surface area contributed by atoms with Crippen molar-refractivity contribution in [1.82, 2.24) is 4.72 Å². The number of carbonyl (C=O) groups excluding carboxylic acids is 1. The Morgan fingerprint density at radius 3 is 2.68 bits per heavy atom. The molecule has 6 nitrogen and oxygen atoms in total. The minimum atomic E-state index is -3.74. The van der Waals surface area contributed by atoms with Crippen LogP contribution in [0.2, 0.25) is 0 Å². The molecule has 1 heterocycles. The maximum absolute atomic E-state index is 11.9. The number of sulfonamides is 1. The molecule has 19 heavy (non-hydrogen) atoms. The second kappa shape index (κ2) is 7.42. The first-order chi connectivity index (χ1) is 9.03. The second-order valence-corrected chi connectivity index (χ2v) is 5.99. The third-order valence-corrected chi connectivity index (χ3v) is 4.08. The van der Waals surface area contributed by atoms with E-state index in [0.29, 0.717) is 12.7 Å². The highest BCUT2D eigenvalue weighted by atomic mass is 32.2. The van der Waals surface area contributed by atoms with Crippen LogP contribution in [0, 0.1) is 5.92 Å². The number of hydrogen-bond donors (Lipinski definition) is 2. The molecule has 0 radical (unpaired) electrons. The van der Waals surface area contributed by atoms with Gasteiger partial charge in [0.1, 0.15) is 0 Å². The molecule has 7 heteroatoms. The van der Waals surface area contributed by atoms with Crippen LogP contribution in [0.3, 0.4) is 0 Å². The van der Waals surface area contributed by atoms with Crippen molar-refractivity contribution in [2.75, 3.05) is 13.2 Å². The predicted molar refractivity (Wildman–Crippen MR) is 69.4 cm³/mol. The average molecular weight is 289 g/mol. The number of aldehydes is 1. The number of carbonyl (C=O) groups is 1. The summed E-state index contributed by atoms with van der Waals surface area (Å²) in [6.07, 6.45) is 2.75. The van der Waals surface area contributed by atoms with Gasteiger partial charge in [-0.2, -0.15) is 0 Å². The predicted octanol–water partition coefficient (Wildman–Crippen LogP) is 1.17. The summed E-state index contributed by atoms with van der Waals surface area (Å²) >= 11 is 0. The highest BCUT2D eigenvalue weighted by Gasteiger charge is 2.20. The van der Waals surface area contributed by atoms with E-state index in [2.05, 4.69) is 4.72 Å². The molecule has 0 spiro atoms. The summed E-state index contributed by atoms with van der Waals surface area (Å²) in [6.45, 7) is 2.28. The lowest BCUT2D eigenvalue weighted by Crippen LogP contribution is -2.29. The molecule has 1 unspecified atom stereocenters. The molecule has 1 atom stereocenters. The molecule has 0 aliphatic rings. The number of aliphatic hydroxyl groups excluding tert-OH is 1. The molecule has 1 aromatic heterocycles. The van der Waals surface area contributed by atoms with Gasteiger partial charge >= 0.3 is 0 Å². The smallest absolute Gasteiger partial charge is 0.273 e. The van der Waals surface area contributed by atoms with Crippen LogP contribution in [-0.2, 0) is 10.0 Å². The number of furan rings is 1. The van der Waals surface area contributed by atoms with Gasteiger partial charge in [-0.25, -0.2) is 13.1 Å². The van der Waals surface area contributed by atoms with Crippen LogP contribution in [0.25, 0.3) is 0 Å². The van der Waals surface area contributed by atoms with Gasteiger partial charge in [0, 0.05) is 13.2 Å². The molecular formula is C12H19NO5S. The van der Waals surface area contributed by atoms with E-state index >= 15 is 0 Å². The van der Waals surface area contributed by atoms with E-state index in [1.807, 2.05) is 6.92 Å². The Morgan fingerprint density at radius 2 is 2.16 bits per heavy atom. The van der Waals surface area contributed by atoms with E-state index < -0.39 is 10.0 Å². The van der Waals surface area contributed by atoms with E-state index in [1.54, 1.807) is 0 Å². The summed E-state index contributed by atoms with van der Waals surface area (Å²) in [5, 5.41) is 8.64. The molecule has 0 saturated carbocycles. The van der Waals surface area contributed by atoms with Crippen molar-refractivity contribution in [3.8, 4) is 0 Å². The van der Waals surface area contributed by atoms with Crippen LogP contribution in [0.1, 0.15) is 36.7 Å². The van der Waals surface area contributed by atoms with E-state index in [0.717, 1.165) is 12.8 Å². The van der Waals surface area contributed by atoms with Gasteiger partial charge in [0.05, 0.1) is 0 Å². The van der Waals surface area contributed by atoms with Crippen molar-refractivity contribution in [2.45, 2.75) is 31.3 Å². The van der Waals surface area contributed by atoms with Crippen molar-refractivity contribution in [2.24, 2.45) is 5.92 Å². The van der Waals surface area contributed by atoms with E-state index in [4.69, 9.17) is 9.52 Å². The lowest BCUT2D eigenvalue weighted by atomic mass is 10.0. The minimum Gasteiger partial charge on any atom is -0.440 e. The van der Waals surface area contributed by atoms with E-state index in [-0.39, 0.29) is 29.9 Å². The molecule has 0 aliphatic heterocycles. The van der Waals surface area contributed by atoms with Gasteiger partial charge in [0.15, 0.2) is 12.0 Å². The number of rotatable bonds is 9. The van der Waals surface area contributed by atoms with Gasteiger partial charge in [-0.15, -0.1) is 0 Å². The van der Waals surface area contributed by atoms with Crippen LogP contribution in [0.5, 0.6) is 0 Å². The number of nitrogens with one attached hydrogen (secondary N) is 1. The highest BCUT2D eigenvalue weighted by Crippen LogP contribution is 2.14. The molecule has 1 aromatic rings. The van der Waals surface area contributed by atoms with Crippen molar-refractivity contribution in [3.05, 3.63) is 17.9 Å². The van der Waals surface area contributed by atoms with Gasteiger partial charge in [0.2, 0.25) is 5.09 Å². The zero-order valence-electron chi connectivity index (χ0n) is 10.8. The normalized spacial score (nSPS) is 13.4. The Hall–Kier alpha value is -1.18. The molecule has 0 amide bonds. The average Bonchev–Trinajstić information content (AvgIpc) is 2.86. The number of hydrogen-bond acceptors (Lipinski definition) is 5. The molecule has 0 saturated heterocycles. The summed E-state index contributed by atoms with van der Waals surface area (Å²) in [6, 6.07) is 2.55. The van der Waals surface area contributed by atoms with Crippen molar-refractivity contribution < 1.29 is 22.7 Å². The van der Waals surface area contributed by atoms with Gasteiger partial charge in [-0.05, 0) is 30.9 Å². The Labute approximate surface area is 112 Å². The quantitative estimate of drug-likeness (QED) is 0.665. The Bertz CT molecular complexity index is 488. The largest absolute Gasteiger partial charge is 0.440 e. The summed E-state index contributed by atoms with van der Waals surface area (Å²) in [5.41, 5.74) is 0. The monoisotopic (exact) mass is 289 g/mol. The van der Waals surface area contributed by atoms with Crippen molar-refractivity contribution >= 4 is 16.3 Å². The maximum atomic E-state index is 11.9. The minimum absolute atomic E-state index is 0.0270. The zero-order valence-corrected chi connectivity index (χ0v) is 11.6. The standard InChI is InChI=1S/C12H19NO5S/c1-2-3-10(6-7-14)8-13-19(16,17)12-5-4-11(9-15)18-12/h4-5,9-10,13-14H,2-3,6-8H2,1H3. The SMILES string of the molecule is CCCC(CCO)CNS(=O)(=O)c1ccc(C=O)o1. The summed E-state index contributed by atoms with van der Waals surface area (Å²) in [7, 11) is -3.74. The topological polar surface area (TPSA) is 96.6 Å². The van der Waals surface area contributed by atoms with Crippen LogP contribution in [-0.4, -0.2) is 33.0 Å². The highest BCUT2D eigenvalue weighted by molar-refractivity contribution is 7.89. The molecule has 1 rings (SSSR count). The van der Waals surface area contributed by atoms with Gasteiger partial charge in [0.25, 0.3) is 10.0 Å². The first-order valence-electron chi connectivity index (χ1n) is 6.19. The summed E-state index contributed by atoms with van der Waals surface area (Å²) in [5.74, 6) is 0.0612. The first kappa shape index (κ1) is 15.9. The number of aliphatic hydroxyl groups is 1. The van der Waals surface area contributed by atoms with E-state index in [9.17, 15) is 13.2 Å². The van der Waals surface area contributed by atoms with Crippen molar-refractivity contribution in [3.63, 3.8) is 0 Å². The third-order valence-electron chi connectivity index (χ3n) is 2.78. The Balaban J connectivity index is 2.65. The van der Waals surface area contributed by atoms with Crippen LogP contribution in [0.4, 0.5) is 0 Å². The molecule has 0 aliphatic carbocycles. The van der Waals surface area contributed by atoms with Gasteiger partial charge < -0.3 is 9.52 Å². The van der Waals surface area contributed by atoms with E-state index in [1.165, 1.54) is 12.1 Å². The van der Waals surface area contributed by atoms with Gasteiger partial charge in [-0.3, -0.25) is 4.79 Å². The van der Waals surface area contributed by atoms with Gasteiger partial charge in [-0.1, -0.05) is 13.3 Å². The third kappa shape index (κ3) is 4.77. The Kier molecular flexibility index (Phi) is 6.20. The first-order valence-corrected chi connectivity index (χ1v) is 7.67. The fraction of sp³-hybridized carbons (Fsp3) is 0.583. The maximum Gasteiger partial charge on any atom is 0.273 e. The van der Waals surface area contributed by atoms with Crippen LogP contribution < -0.4 is 4.72 Å². The molecule has 0 fully saturated rings. The molecule has 0 bridgehead atoms. The summed E-state index contributed by atoms with van der Waals surface area (Å²) in [4.78, 5) is 10.4. The molecule has 0 aromatic carbocycles. The van der Waals surface area contributed by atoms with Crippen LogP contribution >= 0.6 is 0 Å². The fourth-order valence-corrected chi connectivity index (χ4v) is 2.83. The van der Waals surface area contributed by atoms with Crippen molar-refractivity contribution in [1.29, 1.82) is 0 Å². The summed E-state index contributed by atoms with van der Waals surface area (Å²) < 4.78 is 31.1. The fourth-order valence-electron chi connectivity index (χ4n) is 1.78. The lowest BCUT2D eigenvalue weighted by Gasteiger charge is -2.14. The zero-order chi connectivity index (χ0) is 14.3. The molecule has 2 N–H and O–H groups in total. The molecular weight excluding hydrogens is 270 g/mol.